The second kappa shape index (κ2) is 13.8. The van der Waals surface area contributed by atoms with Crippen LogP contribution in [0.5, 0.6) is 17.2 Å². The van der Waals surface area contributed by atoms with Crippen molar-refractivity contribution in [1.82, 2.24) is 4.90 Å². The lowest BCUT2D eigenvalue weighted by atomic mass is 10.1. The highest BCUT2D eigenvalue weighted by molar-refractivity contribution is 9.10. The molecule has 1 fully saturated rings. The van der Waals surface area contributed by atoms with Crippen LogP contribution in [0.15, 0.2) is 99.3 Å². The summed E-state index contributed by atoms with van der Waals surface area (Å²) in [4.78, 5) is 31.7. The molecule has 4 aromatic carbocycles. The quantitative estimate of drug-likeness (QED) is 0.172. The number of amides is 1. The predicted octanol–water partition coefficient (Wildman–Crippen LogP) is 7.69. The number of hydrogen-bond acceptors (Lipinski definition) is 7. The SMILES string of the molecule is COc1ccc(N=C2S/C(=C\c3cc(Br)c(OCc4ccccc4F)c(OC)c3)C(=O)N2Cc2ccc(C(=O)O)cc2)cc1. The first kappa shape index (κ1) is 30.8. The molecule has 0 atom stereocenters. The van der Waals surface area contributed by atoms with Gasteiger partial charge in [0.05, 0.1) is 41.4 Å². The number of carboxylic acid groups (broad SMARTS) is 1. The molecule has 4 aromatic rings. The van der Waals surface area contributed by atoms with E-state index in [1.54, 1.807) is 84.8 Å². The summed E-state index contributed by atoms with van der Waals surface area (Å²) in [6.07, 6.45) is 1.73. The van der Waals surface area contributed by atoms with E-state index < -0.39 is 5.97 Å². The molecule has 0 aliphatic carbocycles. The Kier molecular flexibility index (Phi) is 9.66. The molecule has 1 N–H and O–H groups in total. The minimum absolute atomic E-state index is 0.00396. The van der Waals surface area contributed by atoms with Crippen molar-refractivity contribution < 1.29 is 33.3 Å². The molecule has 1 aliphatic heterocycles. The standard InChI is InChI=1S/C33H26BrFN2O6S/c1-41-25-13-11-24(12-14-25)36-33-37(18-20-7-9-22(10-8-20)32(39)40)31(38)29(44-33)17-21-15-26(34)30(28(16-21)42-2)43-19-23-5-3-4-6-27(23)35/h3-17H,18-19H2,1-2H3,(H,39,40)/b29-17-,36-33?. The molecular weight excluding hydrogens is 651 g/mol. The van der Waals surface area contributed by atoms with Crippen LogP contribution in [0.4, 0.5) is 10.1 Å². The molecule has 1 heterocycles. The van der Waals surface area contributed by atoms with Gasteiger partial charge in [0.2, 0.25) is 0 Å². The third-order valence-corrected chi connectivity index (χ3v) is 8.20. The molecule has 0 saturated carbocycles. The summed E-state index contributed by atoms with van der Waals surface area (Å²) in [6, 6.07) is 23.4. The first-order valence-corrected chi connectivity index (χ1v) is 14.9. The molecule has 1 aliphatic rings. The van der Waals surface area contributed by atoms with Gasteiger partial charge in [0.15, 0.2) is 16.7 Å². The Labute approximate surface area is 265 Å². The van der Waals surface area contributed by atoms with Crippen molar-refractivity contribution in [3.63, 3.8) is 0 Å². The number of aliphatic imine (C=N–C) groups is 1. The number of ether oxygens (including phenoxy) is 3. The molecule has 1 amide bonds. The predicted molar refractivity (Wildman–Crippen MR) is 171 cm³/mol. The highest BCUT2D eigenvalue weighted by Gasteiger charge is 2.33. The van der Waals surface area contributed by atoms with Gasteiger partial charge in [0.1, 0.15) is 18.2 Å². The molecule has 0 bridgehead atoms. The van der Waals surface area contributed by atoms with E-state index in [1.165, 1.54) is 37.1 Å². The largest absolute Gasteiger partial charge is 0.497 e. The van der Waals surface area contributed by atoms with E-state index in [0.717, 1.165) is 5.56 Å². The second-order valence-corrected chi connectivity index (χ2v) is 11.4. The summed E-state index contributed by atoms with van der Waals surface area (Å²) in [5.41, 5.74) is 2.61. The zero-order valence-corrected chi connectivity index (χ0v) is 26.0. The van der Waals surface area contributed by atoms with E-state index >= 15 is 0 Å². The number of halogens is 2. The summed E-state index contributed by atoms with van der Waals surface area (Å²) in [6.45, 7) is 0.192. The van der Waals surface area contributed by atoms with Gasteiger partial charge >= 0.3 is 5.97 Å². The van der Waals surface area contributed by atoms with Crippen LogP contribution >= 0.6 is 27.7 Å². The van der Waals surface area contributed by atoms with Crippen LogP contribution < -0.4 is 14.2 Å². The van der Waals surface area contributed by atoms with Crippen LogP contribution in [-0.2, 0) is 17.9 Å². The number of carbonyl (C=O) groups is 2. The molecule has 8 nitrogen and oxygen atoms in total. The van der Waals surface area contributed by atoms with Gasteiger partial charge in [-0.2, -0.15) is 0 Å². The van der Waals surface area contributed by atoms with E-state index in [1.807, 2.05) is 0 Å². The number of rotatable bonds is 10. The van der Waals surface area contributed by atoms with Crippen LogP contribution in [0.1, 0.15) is 27.0 Å². The third-order valence-electron chi connectivity index (χ3n) is 6.61. The van der Waals surface area contributed by atoms with E-state index in [9.17, 15) is 19.1 Å². The zero-order valence-electron chi connectivity index (χ0n) is 23.6. The first-order valence-electron chi connectivity index (χ1n) is 13.3. The molecule has 5 rings (SSSR count). The Balaban J connectivity index is 1.45. The fourth-order valence-electron chi connectivity index (χ4n) is 4.31. The van der Waals surface area contributed by atoms with Crippen molar-refractivity contribution in [2.45, 2.75) is 13.2 Å². The summed E-state index contributed by atoms with van der Waals surface area (Å²) < 4.78 is 31.4. The number of thioether (sulfide) groups is 1. The topological polar surface area (TPSA) is 97.7 Å². The summed E-state index contributed by atoms with van der Waals surface area (Å²) >= 11 is 4.75. The maximum Gasteiger partial charge on any atom is 0.335 e. The van der Waals surface area contributed by atoms with E-state index in [4.69, 9.17) is 19.2 Å². The minimum atomic E-state index is -1.03. The summed E-state index contributed by atoms with van der Waals surface area (Å²) in [7, 11) is 3.08. The Morgan fingerprint density at radius 3 is 2.41 bits per heavy atom. The Hall–Kier alpha value is -4.61. The van der Waals surface area contributed by atoms with E-state index in [0.29, 0.717) is 48.6 Å². The average molecular weight is 678 g/mol. The minimum Gasteiger partial charge on any atom is -0.497 e. The normalized spacial score (nSPS) is 14.7. The van der Waals surface area contributed by atoms with E-state index in [-0.39, 0.29) is 30.4 Å². The molecule has 224 valence electrons. The highest BCUT2D eigenvalue weighted by atomic mass is 79.9. The van der Waals surface area contributed by atoms with Crippen LogP contribution in [0, 0.1) is 5.82 Å². The van der Waals surface area contributed by atoms with Crippen molar-refractivity contribution in [3.8, 4) is 17.2 Å². The molecular formula is C33H26BrFN2O6S. The lowest BCUT2D eigenvalue weighted by molar-refractivity contribution is -0.122. The Morgan fingerprint density at radius 2 is 1.75 bits per heavy atom. The maximum absolute atomic E-state index is 14.1. The lowest BCUT2D eigenvalue weighted by Gasteiger charge is -2.16. The van der Waals surface area contributed by atoms with Crippen molar-refractivity contribution in [2.24, 2.45) is 4.99 Å². The summed E-state index contributed by atoms with van der Waals surface area (Å²) in [5.74, 6) is -0.172. The average Bonchev–Trinajstić information content (AvgIpc) is 3.30. The van der Waals surface area contributed by atoms with E-state index in [2.05, 4.69) is 15.9 Å². The van der Waals surface area contributed by atoms with Gasteiger partial charge in [0, 0.05) is 5.56 Å². The van der Waals surface area contributed by atoms with Crippen molar-refractivity contribution in [3.05, 3.63) is 122 Å². The monoisotopic (exact) mass is 676 g/mol. The molecule has 0 radical (unpaired) electrons. The number of carbonyl (C=O) groups excluding carboxylic acids is 1. The summed E-state index contributed by atoms with van der Waals surface area (Å²) in [5, 5.41) is 9.71. The van der Waals surface area contributed by atoms with Gasteiger partial charge in [-0.25, -0.2) is 14.2 Å². The van der Waals surface area contributed by atoms with Gasteiger partial charge in [-0.3, -0.25) is 9.69 Å². The molecule has 1 saturated heterocycles. The number of hydrogen-bond donors (Lipinski definition) is 1. The van der Waals surface area contributed by atoms with Crippen LogP contribution in [0.2, 0.25) is 0 Å². The Morgan fingerprint density at radius 1 is 1.02 bits per heavy atom. The van der Waals surface area contributed by atoms with Gasteiger partial charge in [0.25, 0.3) is 5.91 Å². The molecule has 44 heavy (non-hydrogen) atoms. The van der Waals surface area contributed by atoms with Crippen LogP contribution in [0.3, 0.4) is 0 Å². The smallest absolute Gasteiger partial charge is 0.335 e. The van der Waals surface area contributed by atoms with Crippen molar-refractivity contribution in [2.75, 3.05) is 14.2 Å². The van der Waals surface area contributed by atoms with Crippen molar-refractivity contribution >= 4 is 56.5 Å². The number of amidine groups is 1. The highest BCUT2D eigenvalue weighted by Crippen LogP contribution is 2.40. The molecule has 11 heteroatoms. The van der Waals surface area contributed by atoms with Gasteiger partial charge in [-0.15, -0.1) is 0 Å². The number of nitrogens with zero attached hydrogens (tertiary/aromatic N) is 2. The second-order valence-electron chi connectivity index (χ2n) is 9.51. The number of carboxylic acids is 1. The third kappa shape index (κ3) is 7.12. The Bertz CT molecular complexity index is 1760. The van der Waals surface area contributed by atoms with Crippen LogP contribution in [-0.4, -0.2) is 41.3 Å². The first-order chi connectivity index (χ1) is 21.2. The van der Waals surface area contributed by atoms with Gasteiger partial charge < -0.3 is 19.3 Å². The molecule has 0 spiro atoms. The fourth-order valence-corrected chi connectivity index (χ4v) is 5.89. The zero-order chi connectivity index (χ0) is 31.2. The molecule has 0 unspecified atom stereocenters. The fraction of sp³-hybridized carbons (Fsp3) is 0.121. The number of aromatic carboxylic acids is 1. The van der Waals surface area contributed by atoms with Gasteiger partial charge in [-0.1, -0.05) is 30.3 Å². The number of benzene rings is 4. The van der Waals surface area contributed by atoms with Gasteiger partial charge in [-0.05, 0) is 99.5 Å². The maximum atomic E-state index is 14.1. The van der Waals surface area contributed by atoms with Crippen molar-refractivity contribution in [1.29, 1.82) is 0 Å². The van der Waals surface area contributed by atoms with Crippen LogP contribution in [0.25, 0.3) is 6.08 Å². The number of methoxy groups -OCH3 is 2. The molecule has 0 aromatic heterocycles. The lowest BCUT2D eigenvalue weighted by Crippen LogP contribution is -2.28.